The molecule has 3 fully saturated rings. The van der Waals surface area contributed by atoms with Gasteiger partial charge in [0.15, 0.2) is 0 Å². The van der Waals surface area contributed by atoms with Crippen LogP contribution in [0.3, 0.4) is 0 Å². The van der Waals surface area contributed by atoms with Gasteiger partial charge in [-0.05, 0) is 69.1 Å². The highest BCUT2D eigenvalue weighted by atomic mass is 16.6. The van der Waals surface area contributed by atoms with Crippen molar-refractivity contribution in [2.24, 2.45) is 11.8 Å². The number of carbonyl (C=O) groups is 3. The van der Waals surface area contributed by atoms with Crippen LogP contribution in [0.4, 0.5) is 5.69 Å². The van der Waals surface area contributed by atoms with Crippen LogP contribution in [0.1, 0.15) is 48.8 Å². The van der Waals surface area contributed by atoms with Gasteiger partial charge in [-0.15, -0.1) is 13.2 Å². The van der Waals surface area contributed by atoms with E-state index in [4.69, 9.17) is 9.47 Å². The van der Waals surface area contributed by atoms with E-state index in [2.05, 4.69) is 13.2 Å². The fourth-order valence-electron chi connectivity index (χ4n) is 7.63. The van der Waals surface area contributed by atoms with Crippen LogP contribution >= 0.6 is 0 Å². The van der Waals surface area contributed by atoms with Crippen molar-refractivity contribution in [2.75, 3.05) is 24.7 Å². The fraction of sp³-hybridized carbons (Fsp3) is 0.472. The van der Waals surface area contributed by atoms with Gasteiger partial charge in [-0.2, -0.15) is 0 Å². The van der Waals surface area contributed by atoms with Crippen LogP contribution in [0.15, 0.2) is 73.8 Å². The average molecular weight is 601 g/mol. The van der Waals surface area contributed by atoms with Crippen LogP contribution in [-0.4, -0.2) is 71.3 Å². The number of allylic oxidation sites excluding steroid dienone is 1. The van der Waals surface area contributed by atoms with Crippen molar-refractivity contribution in [1.29, 1.82) is 0 Å². The Morgan fingerprint density at radius 2 is 1.84 bits per heavy atom. The number of hydrogen-bond acceptors (Lipinski definition) is 6. The number of aliphatic hydroxyl groups is 1. The number of likely N-dealkylation sites (tertiary alicyclic amines) is 1. The number of esters is 1. The number of rotatable bonds is 14. The Hall–Kier alpha value is -3.75. The number of ether oxygens (including phenoxy) is 2. The quantitative estimate of drug-likeness (QED) is 0.192. The Kier molecular flexibility index (Phi) is 9.71. The standard InChI is InChI=1S/C36H44N2O6/c1-5-7-8-12-21-43-35(42)29-28-18-19-36(44-28)30(29)33(40)38(27(23-39)22-26-16-10-9-11-17-26)32(36)34(41)37(20-6-2)31-24(3)14-13-15-25(31)4/h5-6,9-11,13-17,27-30,32,39H,1-2,7-8,12,18-23H2,3-4H3/t27-,28-,29+,30+,32?,36?/m1/s1. The molecule has 0 radical (unpaired) electrons. The van der Waals surface area contributed by atoms with Gasteiger partial charge in [-0.3, -0.25) is 14.4 Å². The van der Waals surface area contributed by atoms with E-state index in [1.807, 2.05) is 68.5 Å². The second kappa shape index (κ2) is 13.5. The van der Waals surface area contributed by atoms with Crippen LogP contribution in [0.5, 0.6) is 0 Å². The smallest absolute Gasteiger partial charge is 0.312 e. The number of aryl methyl sites for hydroxylation is 2. The molecule has 2 aromatic rings. The number of fused-ring (bicyclic) bond motifs is 1. The summed E-state index contributed by atoms with van der Waals surface area (Å²) >= 11 is 0. The van der Waals surface area contributed by atoms with Gasteiger partial charge in [-0.25, -0.2) is 0 Å². The minimum absolute atomic E-state index is 0.228. The van der Waals surface area contributed by atoms with E-state index in [9.17, 15) is 19.5 Å². The summed E-state index contributed by atoms with van der Waals surface area (Å²) in [5.74, 6) is -2.77. The average Bonchev–Trinajstić information content (AvgIpc) is 3.66. The number of nitrogens with zero attached hydrogens (tertiary/aromatic N) is 2. The molecule has 8 nitrogen and oxygen atoms in total. The Morgan fingerprint density at radius 1 is 1.11 bits per heavy atom. The molecule has 44 heavy (non-hydrogen) atoms. The van der Waals surface area contributed by atoms with Crippen molar-refractivity contribution in [2.45, 2.75) is 76.2 Å². The number of benzene rings is 2. The number of amides is 2. The highest BCUT2D eigenvalue weighted by Crippen LogP contribution is 2.59. The minimum Gasteiger partial charge on any atom is -0.465 e. The fourth-order valence-corrected chi connectivity index (χ4v) is 7.63. The van der Waals surface area contributed by atoms with Gasteiger partial charge in [0, 0.05) is 12.2 Å². The molecule has 5 rings (SSSR count). The third kappa shape index (κ3) is 5.61. The zero-order chi connectivity index (χ0) is 31.4. The molecule has 8 heteroatoms. The summed E-state index contributed by atoms with van der Waals surface area (Å²) in [7, 11) is 0. The Bertz CT molecular complexity index is 1370. The monoisotopic (exact) mass is 600 g/mol. The van der Waals surface area contributed by atoms with Gasteiger partial charge in [0.05, 0.1) is 37.2 Å². The normalized spacial score (nSPS) is 25.9. The van der Waals surface area contributed by atoms with Crippen LogP contribution < -0.4 is 4.90 Å². The molecule has 2 aromatic carbocycles. The first-order valence-electron chi connectivity index (χ1n) is 15.7. The summed E-state index contributed by atoms with van der Waals surface area (Å²) in [5, 5.41) is 10.7. The maximum Gasteiger partial charge on any atom is 0.312 e. The summed E-state index contributed by atoms with van der Waals surface area (Å²) in [6.45, 7) is 11.7. The van der Waals surface area contributed by atoms with Crippen molar-refractivity contribution >= 4 is 23.5 Å². The number of carbonyl (C=O) groups excluding carboxylic acids is 3. The largest absolute Gasteiger partial charge is 0.465 e. The lowest BCUT2D eigenvalue weighted by Crippen LogP contribution is -2.59. The maximum atomic E-state index is 14.9. The summed E-state index contributed by atoms with van der Waals surface area (Å²) in [6, 6.07) is 13.7. The first kappa shape index (κ1) is 31.7. The molecular formula is C36H44N2O6. The van der Waals surface area contributed by atoms with Crippen LogP contribution in [0.25, 0.3) is 0 Å². The van der Waals surface area contributed by atoms with Crippen molar-refractivity contribution in [1.82, 2.24) is 4.90 Å². The topological polar surface area (TPSA) is 96.4 Å². The summed E-state index contributed by atoms with van der Waals surface area (Å²) in [6.07, 6.45) is 6.75. The van der Waals surface area contributed by atoms with Gasteiger partial charge in [0.2, 0.25) is 5.91 Å². The van der Waals surface area contributed by atoms with Crippen molar-refractivity contribution < 1.29 is 29.0 Å². The first-order chi connectivity index (χ1) is 21.3. The second-order valence-corrected chi connectivity index (χ2v) is 12.3. The van der Waals surface area contributed by atoms with Crippen LogP contribution in [0, 0.1) is 25.7 Å². The van der Waals surface area contributed by atoms with E-state index in [1.54, 1.807) is 11.0 Å². The Balaban J connectivity index is 1.55. The molecule has 6 atom stereocenters. The van der Waals surface area contributed by atoms with E-state index in [0.717, 1.165) is 35.2 Å². The van der Waals surface area contributed by atoms with Gasteiger partial charge in [-0.1, -0.05) is 60.7 Å². The summed E-state index contributed by atoms with van der Waals surface area (Å²) in [5.41, 5.74) is 2.32. The zero-order valence-electron chi connectivity index (χ0n) is 25.8. The van der Waals surface area contributed by atoms with Crippen LogP contribution in [0.2, 0.25) is 0 Å². The molecule has 3 aliphatic rings. The second-order valence-electron chi connectivity index (χ2n) is 12.3. The number of hydrogen-bond donors (Lipinski definition) is 1. The predicted molar refractivity (Wildman–Crippen MR) is 169 cm³/mol. The lowest BCUT2D eigenvalue weighted by molar-refractivity contribution is -0.156. The SMILES string of the molecule is C=CCCCCOC(=O)[C@@H]1[C@H]2C(=O)N([C@@H](CO)Cc3ccccc3)C(C(=O)N(CC=C)c3c(C)cccc3C)C23CC[C@H]1O3. The number of unbranched alkanes of at least 4 members (excludes halogenated alkanes) is 2. The Labute approximate surface area is 260 Å². The molecule has 1 N–H and O–H groups in total. The molecule has 234 valence electrons. The molecule has 2 bridgehead atoms. The molecule has 1 spiro atoms. The third-order valence-electron chi connectivity index (χ3n) is 9.50. The molecular weight excluding hydrogens is 556 g/mol. The number of para-hydroxylation sites is 1. The molecule has 3 saturated heterocycles. The predicted octanol–water partition coefficient (Wildman–Crippen LogP) is 4.70. The van der Waals surface area contributed by atoms with Crippen LogP contribution in [-0.2, 0) is 30.3 Å². The lowest BCUT2D eigenvalue weighted by Gasteiger charge is -2.40. The first-order valence-corrected chi connectivity index (χ1v) is 15.7. The van der Waals surface area contributed by atoms with Gasteiger partial charge < -0.3 is 24.4 Å². The van der Waals surface area contributed by atoms with Gasteiger partial charge in [0.1, 0.15) is 11.6 Å². The molecule has 0 saturated carbocycles. The Morgan fingerprint density at radius 3 is 2.50 bits per heavy atom. The van der Waals surface area contributed by atoms with E-state index in [1.165, 1.54) is 4.90 Å². The summed E-state index contributed by atoms with van der Waals surface area (Å²) < 4.78 is 12.3. The highest BCUT2D eigenvalue weighted by molar-refractivity contribution is 6.05. The molecule has 0 aliphatic carbocycles. The third-order valence-corrected chi connectivity index (χ3v) is 9.50. The molecule has 3 aliphatic heterocycles. The van der Waals surface area contributed by atoms with Crippen molar-refractivity contribution in [3.05, 3.63) is 90.5 Å². The van der Waals surface area contributed by atoms with Gasteiger partial charge >= 0.3 is 5.97 Å². The minimum atomic E-state index is -1.20. The molecule has 2 unspecified atom stereocenters. The molecule has 0 aromatic heterocycles. The molecule has 3 heterocycles. The van der Waals surface area contributed by atoms with Crippen molar-refractivity contribution in [3.8, 4) is 0 Å². The summed E-state index contributed by atoms with van der Waals surface area (Å²) in [4.78, 5) is 46.3. The highest BCUT2D eigenvalue weighted by Gasteiger charge is 2.75. The van der Waals surface area contributed by atoms with E-state index >= 15 is 0 Å². The van der Waals surface area contributed by atoms with Gasteiger partial charge in [0.25, 0.3) is 5.91 Å². The van der Waals surface area contributed by atoms with E-state index in [-0.39, 0.29) is 31.6 Å². The number of anilines is 1. The lowest BCUT2D eigenvalue weighted by atomic mass is 9.70. The van der Waals surface area contributed by atoms with E-state index < -0.39 is 41.6 Å². The van der Waals surface area contributed by atoms with Crippen molar-refractivity contribution in [3.63, 3.8) is 0 Å². The zero-order valence-corrected chi connectivity index (χ0v) is 25.8. The maximum absolute atomic E-state index is 14.9. The van der Waals surface area contributed by atoms with E-state index in [0.29, 0.717) is 25.7 Å². The number of aliphatic hydroxyl groups excluding tert-OH is 1. The molecule has 2 amide bonds.